The molecule has 2 nitrogen and oxygen atoms in total. The third-order valence-electron chi connectivity index (χ3n) is 9.69. The van der Waals surface area contributed by atoms with Gasteiger partial charge in [-0.25, -0.2) is 0 Å². The summed E-state index contributed by atoms with van der Waals surface area (Å²) in [6.07, 6.45) is 15.5. The normalized spacial score (nSPS) is 42.8. The van der Waals surface area contributed by atoms with Crippen molar-refractivity contribution in [2.45, 2.75) is 71.8 Å². The van der Waals surface area contributed by atoms with Gasteiger partial charge in [0.05, 0.1) is 0 Å². The van der Waals surface area contributed by atoms with Crippen LogP contribution in [0.25, 0.3) is 6.08 Å². The molecule has 4 aliphatic rings. The Labute approximate surface area is 182 Å². The van der Waals surface area contributed by atoms with Crippen LogP contribution in [-0.4, -0.2) is 11.9 Å². The highest BCUT2D eigenvalue weighted by atomic mass is 16.1. The second-order valence-corrected chi connectivity index (χ2v) is 10.9. The largest absolute Gasteiger partial charge is 0.349 e. The van der Waals surface area contributed by atoms with Gasteiger partial charge in [-0.1, -0.05) is 68.8 Å². The molecule has 0 bridgehead atoms. The van der Waals surface area contributed by atoms with Crippen molar-refractivity contribution in [3.05, 3.63) is 53.6 Å². The topological polar surface area (TPSA) is 29.1 Å². The molecule has 3 aliphatic carbocycles. The van der Waals surface area contributed by atoms with Crippen molar-refractivity contribution >= 4 is 12.0 Å². The van der Waals surface area contributed by atoms with E-state index in [1.165, 1.54) is 37.7 Å². The third kappa shape index (κ3) is 3.01. The zero-order chi connectivity index (χ0) is 20.9. The first-order chi connectivity index (χ1) is 14.5. The number of nitrogens with one attached hydrogen (secondary N) is 1. The van der Waals surface area contributed by atoms with Gasteiger partial charge in [-0.15, -0.1) is 0 Å². The predicted molar refractivity (Wildman–Crippen MR) is 124 cm³/mol. The molecule has 1 unspecified atom stereocenters. The van der Waals surface area contributed by atoms with Crippen molar-refractivity contribution in [2.24, 2.45) is 34.5 Å². The van der Waals surface area contributed by atoms with E-state index >= 15 is 0 Å². The number of benzene rings is 1. The molecule has 3 saturated carbocycles. The van der Waals surface area contributed by atoms with E-state index in [2.05, 4.69) is 68.6 Å². The van der Waals surface area contributed by atoms with E-state index in [4.69, 9.17) is 0 Å². The van der Waals surface area contributed by atoms with Gasteiger partial charge in [0.1, 0.15) is 0 Å². The molecule has 1 aromatic carbocycles. The number of amides is 1. The van der Waals surface area contributed by atoms with Crippen LogP contribution in [0.1, 0.15) is 71.3 Å². The molecule has 1 heterocycles. The molecule has 30 heavy (non-hydrogen) atoms. The molecule has 1 amide bonds. The number of hydrogen-bond donors (Lipinski definition) is 1. The van der Waals surface area contributed by atoms with Crippen LogP contribution >= 0.6 is 0 Å². The molecule has 3 fully saturated rings. The second-order valence-electron chi connectivity index (χ2n) is 10.9. The van der Waals surface area contributed by atoms with Gasteiger partial charge < -0.3 is 5.32 Å². The zero-order valence-electron chi connectivity index (χ0n) is 18.9. The molecular formula is C28H37NO. The lowest BCUT2D eigenvalue weighted by Gasteiger charge is -2.59. The van der Waals surface area contributed by atoms with Crippen LogP contribution < -0.4 is 5.32 Å². The van der Waals surface area contributed by atoms with Crippen LogP contribution in [0.2, 0.25) is 0 Å². The summed E-state index contributed by atoms with van der Waals surface area (Å²) in [5, 5.41) is 3.29. The standard InChI is InChI=1S/C28H37NO/c1-4-20(18-19-8-6-5-7-9-19)22-11-12-23-21-10-13-25-28(3,17-15-26(30)29-25)24(21)14-16-27(22,23)2/h5-9,15,17-18,21-25H,4,10-14,16H2,1-3H3,(H,29,30)/b20-18+/t21-,22+,23-,24-,25?,27+,28+/m0/s1. The summed E-state index contributed by atoms with van der Waals surface area (Å²) < 4.78 is 0. The Hall–Kier alpha value is -1.83. The number of fused-ring (bicyclic) bond motifs is 5. The molecule has 5 rings (SSSR count). The minimum atomic E-state index is 0.108. The molecule has 0 saturated heterocycles. The van der Waals surface area contributed by atoms with E-state index in [0.717, 1.165) is 30.6 Å². The molecule has 2 heteroatoms. The fourth-order valence-electron chi connectivity index (χ4n) is 8.15. The summed E-state index contributed by atoms with van der Waals surface area (Å²) in [6.45, 7) is 7.39. The van der Waals surface area contributed by atoms with Crippen LogP contribution in [0.4, 0.5) is 0 Å². The molecule has 160 valence electrons. The molecular weight excluding hydrogens is 366 g/mol. The van der Waals surface area contributed by atoms with Gasteiger partial charge >= 0.3 is 0 Å². The van der Waals surface area contributed by atoms with Gasteiger partial charge in [0.15, 0.2) is 0 Å². The van der Waals surface area contributed by atoms with E-state index in [9.17, 15) is 4.79 Å². The van der Waals surface area contributed by atoms with Crippen LogP contribution in [0, 0.1) is 34.5 Å². The van der Waals surface area contributed by atoms with E-state index in [-0.39, 0.29) is 11.3 Å². The van der Waals surface area contributed by atoms with Gasteiger partial charge in [0.2, 0.25) is 5.91 Å². The second kappa shape index (κ2) is 7.39. The Morgan fingerprint density at radius 2 is 1.87 bits per heavy atom. The first-order valence-corrected chi connectivity index (χ1v) is 12.2. The Bertz CT molecular complexity index is 870. The number of carbonyl (C=O) groups excluding carboxylic acids is 1. The van der Waals surface area contributed by atoms with E-state index < -0.39 is 0 Å². The zero-order valence-corrected chi connectivity index (χ0v) is 18.9. The van der Waals surface area contributed by atoms with Gasteiger partial charge in [-0.05, 0) is 85.7 Å². The Morgan fingerprint density at radius 3 is 2.63 bits per heavy atom. The molecule has 0 spiro atoms. The number of hydrogen-bond acceptors (Lipinski definition) is 1. The quantitative estimate of drug-likeness (QED) is 0.622. The number of rotatable bonds is 3. The van der Waals surface area contributed by atoms with E-state index in [1.807, 2.05) is 6.08 Å². The lowest BCUT2D eigenvalue weighted by Crippen LogP contribution is -2.59. The minimum Gasteiger partial charge on any atom is -0.349 e. The SMILES string of the molecule is CC/C(=C\c1ccccc1)[C@H]1CC[C@H]2[C@@H]3CCC4NC(=O)C=C[C@]4(C)[C@H]3CC[C@]12C. The molecule has 1 aliphatic heterocycles. The van der Waals surface area contributed by atoms with Crippen molar-refractivity contribution in [1.82, 2.24) is 5.32 Å². The first kappa shape index (κ1) is 20.1. The highest BCUT2D eigenvalue weighted by Crippen LogP contribution is 2.66. The Morgan fingerprint density at radius 1 is 1.07 bits per heavy atom. The van der Waals surface area contributed by atoms with E-state index in [0.29, 0.717) is 17.4 Å². The van der Waals surface area contributed by atoms with Gasteiger partial charge in [-0.2, -0.15) is 0 Å². The van der Waals surface area contributed by atoms with Crippen molar-refractivity contribution in [3.8, 4) is 0 Å². The smallest absolute Gasteiger partial charge is 0.243 e. The fourth-order valence-corrected chi connectivity index (χ4v) is 8.15. The lowest BCUT2D eigenvalue weighted by atomic mass is 9.47. The highest BCUT2D eigenvalue weighted by molar-refractivity contribution is 5.89. The molecule has 1 N–H and O–H groups in total. The fraction of sp³-hybridized carbons (Fsp3) is 0.607. The lowest BCUT2D eigenvalue weighted by molar-refractivity contribution is -0.122. The maximum absolute atomic E-state index is 12.0. The average Bonchev–Trinajstić information content (AvgIpc) is 3.10. The van der Waals surface area contributed by atoms with E-state index in [1.54, 1.807) is 5.57 Å². The van der Waals surface area contributed by atoms with Crippen LogP contribution in [0.5, 0.6) is 0 Å². The maximum Gasteiger partial charge on any atom is 0.243 e. The highest BCUT2D eigenvalue weighted by Gasteiger charge is 2.59. The van der Waals surface area contributed by atoms with Crippen LogP contribution in [-0.2, 0) is 4.79 Å². The van der Waals surface area contributed by atoms with Crippen LogP contribution in [0.3, 0.4) is 0 Å². The number of allylic oxidation sites excluding steroid dienone is 1. The molecule has 0 radical (unpaired) electrons. The van der Waals surface area contributed by atoms with Gasteiger partial charge in [0.25, 0.3) is 0 Å². The molecule has 0 aromatic heterocycles. The Balaban J connectivity index is 1.43. The van der Waals surface area contributed by atoms with Gasteiger partial charge in [-0.3, -0.25) is 4.79 Å². The number of carbonyl (C=O) groups is 1. The summed E-state index contributed by atoms with van der Waals surface area (Å²) in [7, 11) is 0. The minimum absolute atomic E-state index is 0.108. The van der Waals surface area contributed by atoms with Crippen molar-refractivity contribution < 1.29 is 4.79 Å². The van der Waals surface area contributed by atoms with Crippen molar-refractivity contribution in [1.29, 1.82) is 0 Å². The van der Waals surface area contributed by atoms with Crippen molar-refractivity contribution in [2.75, 3.05) is 0 Å². The van der Waals surface area contributed by atoms with Crippen LogP contribution in [0.15, 0.2) is 48.1 Å². The summed E-state index contributed by atoms with van der Waals surface area (Å²) in [5.74, 6) is 3.19. The summed E-state index contributed by atoms with van der Waals surface area (Å²) in [6, 6.07) is 11.2. The van der Waals surface area contributed by atoms with Gasteiger partial charge in [0, 0.05) is 11.5 Å². The first-order valence-electron chi connectivity index (χ1n) is 12.2. The third-order valence-corrected chi connectivity index (χ3v) is 9.69. The molecule has 1 aromatic rings. The average molecular weight is 404 g/mol. The summed E-state index contributed by atoms with van der Waals surface area (Å²) in [4.78, 5) is 12.0. The monoisotopic (exact) mass is 403 g/mol. The predicted octanol–water partition coefficient (Wildman–Crippen LogP) is 6.39. The van der Waals surface area contributed by atoms with Crippen molar-refractivity contribution in [3.63, 3.8) is 0 Å². The summed E-state index contributed by atoms with van der Waals surface area (Å²) >= 11 is 0. The Kier molecular flexibility index (Phi) is 4.95. The summed E-state index contributed by atoms with van der Waals surface area (Å²) in [5.41, 5.74) is 3.59. The maximum atomic E-state index is 12.0. The molecule has 7 atom stereocenters.